The summed E-state index contributed by atoms with van der Waals surface area (Å²) in [6, 6.07) is 8.52. The summed E-state index contributed by atoms with van der Waals surface area (Å²) in [5.74, 6) is 0.856. The summed E-state index contributed by atoms with van der Waals surface area (Å²) >= 11 is 0. The van der Waals surface area contributed by atoms with E-state index in [0.717, 1.165) is 12.3 Å². The molecule has 1 N–H and O–H groups in total. The van der Waals surface area contributed by atoms with E-state index in [9.17, 15) is 0 Å². The van der Waals surface area contributed by atoms with E-state index in [4.69, 9.17) is 4.99 Å². The van der Waals surface area contributed by atoms with Crippen LogP contribution in [-0.2, 0) is 6.42 Å². The van der Waals surface area contributed by atoms with Crippen molar-refractivity contribution in [1.82, 2.24) is 5.32 Å². The predicted octanol–water partition coefficient (Wildman–Crippen LogP) is 2.70. The van der Waals surface area contributed by atoms with Crippen LogP contribution in [0.5, 0.6) is 0 Å². The van der Waals surface area contributed by atoms with Gasteiger partial charge in [0.05, 0.1) is 5.69 Å². The normalized spacial score (nSPS) is 20.6. The third-order valence-corrected chi connectivity index (χ3v) is 3.65. The summed E-state index contributed by atoms with van der Waals surface area (Å²) in [5, 5.41) is 3.42. The van der Waals surface area contributed by atoms with Gasteiger partial charge in [-0.15, -0.1) is 0 Å². The molecular formula is C14H18N2. The van der Waals surface area contributed by atoms with E-state index in [1.54, 1.807) is 0 Å². The predicted molar refractivity (Wildman–Crippen MR) is 67.5 cm³/mol. The van der Waals surface area contributed by atoms with E-state index < -0.39 is 0 Å². The number of aliphatic imine (C=N–C) groups is 1. The van der Waals surface area contributed by atoms with Gasteiger partial charge < -0.3 is 5.32 Å². The number of para-hydroxylation sites is 1. The fourth-order valence-electron chi connectivity index (χ4n) is 2.74. The Labute approximate surface area is 96.8 Å². The number of fused-ring (bicyclic) bond motifs is 1. The van der Waals surface area contributed by atoms with Crippen molar-refractivity contribution >= 4 is 11.4 Å². The Bertz CT molecular complexity index is 403. The van der Waals surface area contributed by atoms with E-state index >= 15 is 0 Å². The van der Waals surface area contributed by atoms with E-state index in [1.807, 2.05) is 0 Å². The van der Waals surface area contributed by atoms with Crippen molar-refractivity contribution in [2.45, 2.75) is 25.7 Å². The molecule has 0 saturated carbocycles. The van der Waals surface area contributed by atoms with Gasteiger partial charge in [-0.05, 0) is 49.9 Å². The summed E-state index contributed by atoms with van der Waals surface area (Å²) in [7, 11) is 0. The second-order valence-corrected chi connectivity index (χ2v) is 4.88. The zero-order valence-electron chi connectivity index (χ0n) is 9.58. The van der Waals surface area contributed by atoms with Crippen molar-refractivity contribution in [3.05, 3.63) is 29.8 Å². The second kappa shape index (κ2) is 4.38. The molecule has 1 aromatic rings. The molecule has 16 heavy (non-hydrogen) atoms. The lowest BCUT2D eigenvalue weighted by molar-refractivity contribution is 0.384. The van der Waals surface area contributed by atoms with Crippen molar-refractivity contribution in [3.63, 3.8) is 0 Å². The molecule has 0 aliphatic carbocycles. The molecule has 0 unspecified atom stereocenters. The minimum atomic E-state index is 0.856. The van der Waals surface area contributed by atoms with Crippen LogP contribution in [0.4, 0.5) is 5.69 Å². The SMILES string of the molecule is c1ccc2c(c1)CC(CC1CCNCC1)=N2. The van der Waals surface area contributed by atoms with Crippen LogP contribution in [0.1, 0.15) is 24.8 Å². The first-order valence-corrected chi connectivity index (χ1v) is 6.27. The molecule has 1 fully saturated rings. The van der Waals surface area contributed by atoms with E-state index in [2.05, 4.69) is 29.6 Å². The number of benzene rings is 1. The van der Waals surface area contributed by atoms with E-state index in [1.165, 1.54) is 49.3 Å². The second-order valence-electron chi connectivity index (χ2n) is 4.88. The Morgan fingerprint density at radius 1 is 1.19 bits per heavy atom. The third-order valence-electron chi connectivity index (χ3n) is 3.65. The van der Waals surface area contributed by atoms with Crippen LogP contribution in [-0.4, -0.2) is 18.8 Å². The zero-order chi connectivity index (χ0) is 10.8. The first-order valence-electron chi connectivity index (χ1n) is 6.27. The van der Waals surface area contributed by atoms with Crippen molar-refractivity contribution in [1.29, 1.82) is 0 Å². The standard InChI is InChI=1S/C14H18N2/c1-2-4-14-12(3-1)10-13(16-14)9-11-5-7-15-8-6-11/h1-4,11,15H,5-10H2. The molecule has 2 heteroatoms. The average molecular weight is 214 g/mol. The maximum absolute atomic E-state index is 4.74. The molecule has 0 radical (unpaired) electrons. The van der Waals surface area contributed by atoms with Gasteiger partial charge in [0.15, 0.2) is 0 Å². The number of nitrogens with zero attached hydrogens (tertiary/aromatic N) is 1. The molecular weight excluding hydrogens is 196 g/mol. The summed E-state index contributed by atoms with van der Waals surface area (Å²) in [5.41, 5.74) is 4.01. The van der Waals surface area contributed by atoms with Crippen LogP contribution in [0.2, 0.25) is 0 Å². The summed E-state index contributed by atoms with van der Waals surface area (Å²) in [6.45, 7) is 2.37. The summed E-state index contributed by atoms with van der Waals surface area (Å²) in [4.78, 5) is 4.74. The Morgan fingerprint density at radius 2 is 2.00 bits per heavy atom. The van der Waals surface area contributed by atoms with Gasteiger partial charge in [-0.25, -0.2) is 0 Å². The Hall–Kier alpha value is -1.15. The highest BCUT2D eigenvalue weighted by Gasteiger charge is 2.19. The highest BCUT2D eigenvalue weighted by atomic mass is 14.9. The van der Waals surface area contributed by atoms with Crippen molar-refractivity contribution in [3.8, 4) is 0 Å². The lowest BCUT2D eigenvalue weighted by Crippen LogP contribution is -2.28. The van der Waals surface area contributed by atoms with Gasteiger partial charge in [0.25, 0.3) is 0 Å². The van der Waals surface area contributed by atoms with Crippen molar-refractivity contribution in [2.24, 2.45) is 10.9 Å². The highest BCUT2D eigenvalue weighted by Crippen LogP contribution is 2.29. The fraction of sp³-hybridized carbons (Fsp3) is 0.500. The molecule has 2 aliphatic rings. The average Bonchev–Trinajstić information content (AvgIpc) is 2.72. The van der Waals surface area contributed by atoms with E-state index in [-0.39, 0.29) is 0 Å². The van der Waals surface area contributed by atoms with Crippen molar-refractivity contribution in [2.75, 3.05) is 13.1 Å². The molecule has 0 atom stereocenters. The molecule has 0 amide bonds. The topological polar surface area (TPSA) is 24.4 Å². The highest BCUT2D eigenvalue weighted by molar-refractivity contribution is 5.94. The molecule has 3 rings (SSSR count). The quantitative estimate of drug-likeness (QED) is 0.804. The molecule has 2 heterocycles. The van der Waals surface area contributed by atoms with Crippen molar-refractivity contribution < 1.29 is 0 Å². The number of hydrogen-bond acceptors (Lipinski definition) is 2. The Kier molecular flexibility index (Phi) is 2.75. The molecule has 0 aromatic heterocycles. The fourth-order valence-corrected chi connectivity index (χ4v) is 2.74. The minimum absolute atomic E-state index is 0.856. The van der Waals surface area contributed by atoms with Gasteiger partial charge in [-0.2, -0.15) is 0 Å². The van der Waals surface area contributed by atoms with Gasteiger partial charge >= 0.3 is 0 Å². The molecule has 2 aliphatic heterocycles. The molecule has 2 nitrogen and oxygen atoms in total. The number of rotatable bonds is 2. The first-order chi connectivity index (χ1) is 7.92. The number of piperidine rings is 1. The van der Waals surface area contributed by atoms with Gasteiger partial charge in [0, 0.05) is 12.1 Å². The lowest BCUT2D eigenvalue weighted by Gasteiger charge is -2.22. The summed E-state index contributed by atoms with van der Waals surface area (Å²) < 4.78 is 0. The molecule has 0 bridgehead atoms. The summed E-state index contributed by atoms with van der Waals surface area (Å²) in [6.07, 6.45) is 4.92. The van der Waals surface area contributed by atoms with Crippen LogP contribution >= 0.6 is 0 Å². The van der Waals surface area contributed by atoms with Gasteiger partial charge in [-0.3, -0.25) is 4.99 Å². The van der Waals surface area contributed by atoms with Crippen LogP contribution in [0.15, 0.2) is 29.3 Å². The van der Waals surface area contributed by atoms with Crippen LogP contribution in [0.3, 0.4) is 0 Å². The Balaban J connectivity index is 1.66. The largest absolute Gasteiger partial charge is 0.317 e. The van der Waals surface area contributed by atoms with Gasteiger partial charge in [-0.1, -0.05) is 18.2 Å². The maximum atomic E-state index is 4.74. The Morgan fingerprint density at radius 3 is 2.81 bits per heavy atom. The van der Waals surface area contributed by atoms with Crippen LogP contribution in [0, 0.1) is 5.92 Å². The molecule has 0 spiro atoms. The molecule has 1 aromatic carbocycles. The minimum Gasteiger partial charge on any atom is -0.317 e. The van der Waals surface area contributed by atoms with Crippen LogP contribution in [0.25, 0.3) is 0 Å². The van der Waals surface area contributed by atoms with E-state index in [0.29, 0.717) is 0 Å². The zero-order valence-corrected chi connectivity index (χ0v) is 9.58. The lowest BCUT2D eigenvalue weighted by atomic mass is 9.91. The number of nitrogens with one attached hydrogen (secondary N) is 1. The third kappa shape index (κ3) is 2.03. The monoisotopic (exact) mass is 214 g/mol. The molecule has 1 saturated heterocycles. The van der Waals surface area contributed by atoms with Crippen LogP contribution < -0.4 is 5.32 Å². The smallest absolute Gasteiger partial charge is 0.0664 e. The first kappa shape index (κ1) is 10.0. The number of hydrogen-bond donors (Lipinski definition) is 1. The molecule has 84 valence electrons. The van der Waals surface area contributed by atoms with Gasteiger partial charge in [0.2, 0.25) is 0 Å². The van der Waals surface area contributed by atoms with Gasteiger partial charge in [0.1, 0.15) is 0 Å². The maximum Gasteiger partial charge on any atom is 0.0664 e.